The molecule has 0 aromatic rings. The van der Waals surface area contributed by atoms with E-state index < -0.39 is 0 Å². The number of ether oxygens (including phenoxy) is 2. The van der Waals surface area contributed by atoms with E-state index in [0.717, 1.165) is 31.8 Å². The van der Waals surface area contributed by atoms with E-state index in [1.165, 1.54) is 0 Å². The van der Waals surface area contributed by atoms with Crippen molar-refractivity contribution in [2.75, 3.05) is 25.8 Å². The van der Waals surface area contributed by atoms with Crippen LogP contribution in [0.1, 0.15) is 19.8 Å². The Bertz CT molecular complexity index is 51.6. The van der Waals surface area contributed by atoms with Crippen LogP contribution >= 0.6 is 12.6 Å². The maximum absolute atomic E-state index is 5.11. The molecule has 0 rings (SSSR count). The first kappa shape index (κ1) is 10.3. The van der Waals surface area contributed by atoms with Crippen molar-refractivity contribution < 1.29 is 9.47 Å². The normalized spacial score (nSPS) is 10.2. The molecular formula is C7H15O2S. The molecule has 0 saturated carbocycles. The third-order valence-corrected chi connectivity index (χ3v) is 1.34. The summed E-state index contributed by atoms with van der Waals surface area (Å²) in [5, 5.41) is 0. The number of unbranched alkanes of at least 4 members (excludes halogenated alkanes) is 1. The number of rotatable bonds is 7. The fraction of sp³-hybridized carbons (Fsp3) is 1.00. The van der Waals surface area contributed by atoms with Gasteiger partial charge in [-0.3, -0.25) is 0 Å². The van der Waals surface area contributed by atoms with Crippen LogP contribution in [0.15, 0.2) is 0 Å². The van der Waals surface area contributed by atoms with Gasteiger partial charge in [0.2, 0.25) is 0 Å². The largest absolute Gasteiger partial charge is 0.356 e. The molecule has 1 radical (unpaired) electrons. The van der Waals surface area contributed by atoms with Crippen LogP contribution in [0.25, 0.3) is 0 Å². The first-order valence-electron chi connectivity index (χ1n) is 3.65. The molecule has 0 aliphatic heterocycles. The van der Waals surface area contributed by atoms with Crippen LogP contribution in [0.5, 0.6) is 0 Å². The number of hydrogen-bond donors (Lipinski definition) is 0. The van der Waals surface area contributed by atoms with Crippen molar-refractivity contribution in [2.24, 2.45) is 0 Å². The van der Waals surface area contributed by atoms with Crippen LogP contribution in [0.4, 0.5) is 0 Å². The Morgan fingerprint density at radius 1 is 1.20 bits per heavy atom. The van der Waals surface area contributed by atoms with E-state index >= 15 is 0 Å². The van der Waals surface area contributed by atoms with Gasteiger partial charge in [0.1, 0.15) is 6.79 Å². The Kier molecular flexibility index (Phi) is 9.52. The summed E-state index contributed by atoms with van der Waals surface area (Å²) in [6.45, 7) is 3.87. The van der Waals surface area contributed by atoms with Gasteiger partial charge in [-0.2, -0.15) is 0 Å². The minimum atomic E-state index is 0.425. The first-order chi connectivity index (χ1) is 4.91. The Balaban J connectivity index is 2.65. The van der Waals surface area contributed by atoms with E-state index in [1.54, 1.807) is 0 Å². The van der Waals surface area contributed by atoms with Gasteiger partial charge in [0.05, 0.1) is 0 Å². The second-order valence-electron chi connectivity index (χ2n) is 1.93. The van der Waals surface area contributed by atoms with Gasteiger partial charge in [-0.1, -0.05) is 12.6 Å². The van der Waals surface area contributed by atoms with E-state index in [-0.39, 0.29) is 0 Å². The highest BCUT2D eigenvalue weighted by Crippen LogP contribution is 1.91. The summed E-state index contributed by atoms with van der Waals surface area (Å²) in [5.41, 5.74) is 0. The fourth-order valence-electron chi connectivity index (χ4n) is 0.507. The molecule has 0 fully saturated rings. The highest BCUT2D eigenvalue weighted by molar-refractivity contribution is 7.80. The minimum absolute atomic E-state index is 0.425. The molecule has 0 heterocycles. The monoisotopic (exact) mass is 163 g/mol. The van der Waals surface area contributed by atoms with Gasteiger partial charge in [0.15, 0.2) is 0 Å². The summed E-state index contributed by atoms with van der Waals surface area (Å²) in [4.78, 5) is 0. The van der Waals surface area contributed by atoms with Crippen molar-refractivity contribution in [2.45, 2.75) is 19.8 Å². The topological polar surface area (TPSA) is 18.5 Å². The molecule has 0 aromatic heterocycles. The summed E-state index contributed by atoms with van der Waals surface area (Å²) in [6.07, 6.45) is 2.12. The maximum Gasteiger partial charge on any atom is 0.146 e. The molecule has 10 heavy (non-hydrogen) atoms. The van der Waals surface area contributed by atoms with Crippen LogP contribution in [0, 0.1) is 0 Å². The standard InChI is InChI=1S/C7H15O2S/c1-2-8-7-9-5-3-4-6-10/h2-7H2,1H3. The molecule has 0 amide bonds. The predicted octanol–water partition coefficient (Wildman–Crippen LogP) is 1.97. The Morgan fingerprint density at radius 2 is 2.00 bits per heavy atom. The van der Waals surface area contributed by atoms with E-state index in [9.17, 15) is 0 Å². The molecule has 0 bridgehead atoms. The van der Waals surface area contributed by atoms with Gasteiger partial charge in [-0.05, 0) is 19.8 Å². The fourth-order valence-corrected chi connectivity index (χ4v) is 0.711. The highest BCUT2D eigenvalue weighted by atomic mass is 32.1. The molecule has 61 valence electrons. The predicted molar refractivity (Wildman–Crippen MR) is 44.1 cm³/mol. The Morgan fingerprint density at radius 3 is 2.60 bits per heavy atom. The van der Waals surface area contributed by atoms with Gasteiger partial charge in [0, 0.05) is 19.0 Å². The van der Waals surface area contributed by atoms with Crippen molar-refractivity contribution in [1.29, 1.82) is 0 Å². The molecule has 0 aliphatic rings. The lowest BCUT2D eigenvalue weighted by Crippen LogP contribution is -2.00. The van der Waals surface area contributed by atoms with E-state index in [4.69, 9.17) is 22.1 Å². The summed E-state index contributed by atoms with van der Waals surface area (Å²) in [5.74, 6) is 0.831. The van der Waals surface area contributed by atoms with Crippen LogP contribution in [-0.4, -0.2) is 25.8 Å². The lowest BCUT2D eigenvalue weighted by atomic mass is 10.4. The van der Waals surface area contributed by atoms with Gasteiger partial charge in [-0.25, -0.2) is 0 Å². The quantitative estimate of drug-likeness (QED) is 0.422. The average molecular weight is 163 g/mol. The lowest BCUT2D eigenvalue weighted by Gasteiger charge is -2.01. The smallest absolute Gasteiger partial charge is 0.146 e. The summed E-state index contributed by atoms with van der Waals surface area (Å²) in [7, 11) is 0. The SMILES string of the molecule is CCOCOCCCC[S]. The van der Waals surface area contributed by atoms with E-state index in [2.05, 4.69) is 0 Å². The second kappa shape index (κ2) is 9.27. The molecule has 0 unspecified atom stereocenters. The zero-order valence-electron chi connectivity index (χ0n) is 6.47. The molecule has 0 aromatic carbocycles. The van der Waals surface area contributed by atoms with Crippen LogP contribution < -0.4 is 0 Å². The van der Waals surface area contributed by atoms with Gasteiger partial charge in [-0.15, -0.1) is 0 Å². The Hall–Kier alpha value is 0.270. The van der Waals surface area contributed by atoms with Crippen LogP contribution in [-0.2, 0) is 9.47 Å². The molecule has 0 spiro atoms. The third-order valence-electron chi connectivity index (χ3n) is 1.05. The van der Waals surface area contributed by atoms with Gasteiger partial charge >= 0.3 is 0 Å². The van der Waals surface area contributed by atoms with Crippen molar-refractivity contribution >= 4 is 12.6 Å². The Labute approximate surface area is 68.3 Å². The zero-order valence-corrected chi connectivity index (χ0v) is 7.28. The number of hydrogen-bond acceptors (Lipinski definition) is 2. The molecule has 0 atom stereocenters. The van der Waals surface area contributed by atoms with Gasteiger partial charge < -0.3 is 9.47 Å². The van der Waals surface area contributed by atoms with Crippen molar-refractivity contribution in [3.8, 4) is 0 Å². The molecule has 0 saturated heterocycles. The van der Waals surface area contributed by atoms with Gasteiger partial charge in [0.25, 0.3) is 0 Å². The average Bonchev–Trinajstić information content (AvgIpc) is 1.97. The van der Waals surface area contributed by atoms with E-state index in [0.29, 0.717) is 6.79 Å². The minimum Gasteiger partial charge on any atom is -0.356 e. The summed E-state index contributed by atoms with van der Waals surface area (Å²) < 4.78 is 10.1. The lowest BCUT2D eigenvalue weighted by molar-refractivity contribution is -0.0498. The highest BCUT2D eigenvalue weighted by Gasteiger charge is 1.86. The maximum atomic E-state index is 5.11. The van der Waals surface area contributed by atoms with Crippen molar-refractivity contribution in [3.05, 3.63) is 0 Å². The van der Waals surface area contributed by atoms with Crippen molar-refractivity contribution in [3.63, 3.8) is 0 Å². The molecule has 0 aliphatic carbocycles. The molecule has 0 N–H and O–H groups in total. The van der Waals surface area contributed by atoms with Crippen molar-refractivity contribution in [1.82, 2.24) is 0 Å². The summed E-state index contributed by atoms with van der Waals surface area (Å²) >= 11 is 4.77. The van der Waals surface area contributed by atoms with E-state index in [1.807, 2.05) is 6.92 Å². The molecule has 2 nitrogen and oxygen atoms in total. The first-order valence-corrected chi connectivity index (χ1v) is 4.23. The zero-order chi connectivity index (χ0) is 7.66. The third kappa shape index (κ3) is 8.27. The van der Waals surface area contributed by atoms with Crippen LogP contribution in [0.3, 0.4) is 0 Å². The molecule has 3 heteroatoms. The van der Waals surface area contributed by atoms with Crippen LogP contribution in [0.2, 0.25) is 0 Å². The second-order valence-corrected chi connectivity index (χ2v) is 2.34. The molecular weight excluding hydrogens is 148 g/mol. The summed E-state index contributed by atoms with van der Waals surface area (Å²) in [6, 6.07) is 0.